The fourth-order valence-corrected chi connectivity index (χ4v) is 3.44. The van der Waals surface area contributed by atoms with Crippen molar-refractivity contribution in [3.8, 4) is 11.5 Å². The molecule has 0 atom stereocenters. The summed E-state index contributed by atoms with van der Waals surface area (Å²) in [7, 11) is 0. The number of carbonyl (C=O) groups excluding carboxylic acids is 3. The van der Waals surface area contributed by atoms with E-state index in [1.54, 1.807) is 37.3 Å². The number of hydrogen-bond donors (Lipinski definition) is 1. The molecule has 4 rings (SSSR count). The van der Waals surface area contributed by atoms with Gasteiger partial charge in [-0.3, -0.25) is 14.9 Å². The van der Waals surface area contributed by atoms with Gasteiger partial charge in [-0.25, -0.2) is 18.5 Å². The van der Waals surface area contributed by atoms with Crippen LogP contribution in [0.1, 0.15) is 18.1 Å². The Hall–Kier alpha value is -4.53. The minimum atomic E-state index is -0.931. The second kappa shape index (κ2) is 10.2. The normalized spacial score (nSPS) is 14.8. The van der Waals surface area contributed by atoms with Crippen LogP contribution in [-0.2, 0) is 16.2 Å². The molecule has 0 bridgehead atoms. The Labute approximate surface area is 199 Å². The first-order chi connectivity index (χ1) is 16.9. The molecule has 9 heteroatoms. The maximum Gasteiger partial charge on any atom is 0.335 e. The third kappa shape index (κ3) is 5.35. The number of nitrogens with zero attached hydrogens (tertiary/aromatic N) is 1. The number of benzene rings is 3. The molecule has 0 aliphatic carbocycles. The molecule has 1 N–H and O–H groups in total. The second-order valence-electron chi connectivity index (χ2n) is 7.49. The Morgan fingerprint density at radius 2 is 1.66 bits per heavy atom. The molecule has 1 aliphatic heterocycles. The van der Waals surface area contributed by atoms with Gasteiger partial charge in [-0.1, -0.05) is 18.2 Å². The average Bonchev–Trinajstić information content (AvgIpc) is 2.82. The highest BCUT2D eigenvalue weighted by Crippen LogP contribution is 2.31. The largest absolute Gasteiger partial charge is 0.490 e. The van der Waals surface area contributed by atoms with Gasteiger partial charge >= 0.3 is 6.03 Å². The number of anilines is 1. The SMILES string of the molecule is CCOc1cc(/C=C2\C(=O)NC(=O)N(c3ccc(F)cc3)C2=O)ccc1OCc1cccc(F)c1. The standard InChI is InChI=1S/C26H20F2N2O5/c1-2-34-23-14-16(6-11-22(23)35-15-17-4-3-5-19(28)12-17)13-21-24(31)29-26(33)30(25(21)32)20-9-7-18(27)8-10-20/h3-14H,2,15H2,1H3,(H,29,31,33)/b21-13+. The Bertz CT molecular complexity index is 1320. The lowest BCUT2D eigenvalue weighted by Crippen LogP contribution is -2.54. The van der Waals surface area contributed by atoms with E-state index in [-0.39, 0.29) is 23.7 Å². The quantitative estimate of drug-likeness (QED) is 0.396. The molecule has 35 heavy (non-hydrogen) atoms. The number of urea groups is 1. The molecule has 0 radical (unpaired) electrons. The zero-order valence-electron chi connectivity index (χ0n) is 18.6. The van der Waals surface area contributed by atoms with Crippen molar-refractivity contribution in [2.45, 2.75) is 13.5 Å². The van der Waals surface area contributed by atoms with Crippen LogP contribution in [0.2, 0.25) is 0 Å². The van der Waals surface area contributed by atoms with Gasteiger partial charge in [0.1, 0.15) is 23.8 Å². The van der Waals surface area contributed by atoms with Crippen LogP contribution in [0.4, 0.5) is 19.3 Å². The Morgan fingerprint density at radius 3 is 2.37 bits per heavy atom. The van der Waals surface area contributed by atoms with Crippen LogP contribution in [0.5, 0.6) is 11.5 Å². The van der Waals surface area contributed by atoms with Crippen molar-refractivity contribution >= 4 is 29.6 Å². The van der Waals surface area contributed by atoms with E-state index < -0.39 is 23.7 Å². The van der Waals surface area contributed by atoms with Gasteiger partial charge in [0.05, 0.1) is 12.3 Å². The van der Waals surface area contributed by atoms with E-state index in [4.69, 9.17) is 9.47 Å². The van der Waals surface area contributed by atoms with Crippen LogP contribution in [0.25, 0.3) is 6.08 Å². The smallest absolute Gasteiger partial charge is 0.335 e. The van der Waals surface area contributed by atoms with E-state index in [1.165, 1.54) is 30.3 Å². The highest BCUT2D eigenvalue weighted by molar-refractivity contribution is 6.39. The summed E-state index contributed by atoms with van der Waals surface area (Å²) in [5.74, 6) is -1.87. The summed E-state index contributed by atoms with van der Waals surface area (Å²) >= 11 is 0. The number of barbiturate groups is 1. The van der Waals surface area contributed by atoms with Crippen LogP contribution in [0, 0.1) is 11.6 Å². The lowest BCUT2D eigenvalue weighted by molar-refractivity contribution is -0.122. The third-order valence-electron chi connectivity index (χ3n) is 5.05. The van der Waals surface area contributed by atoms with E-state index in [9.17, 15) is 23.2 Å². The van der Waals surface area contributed by atoms with Gasteiger partial charge in [0.15, 0.2) is 11.5 Å². The van der Waals surface area contributed by atoms with E-state index in [2.05, 4.69) is 5.32 Å². The van der Waals surface area contributed by atoms with Crippen LogP contribution in [-0.4, -0.2) is 24.5 Å². The molecule has 0 spiro atoms. The topological polar surface area (TPSA) is 84.9 Å². The summed E-state index contributed by atoms with van der Waals surface area (Å²) in [5.41, 5.74) is 0.903. The monoisotopic (exact) mass is 478 g/mol. The fourth-order valence-electron chi connectivity index (χ4n) is 3.44. The van der Waals surface area contributed by atoms with Gasteiger partial charge in [-0.05, 0) is 72.7 Å². The molecule has 178 valence electrons. The molecule has 1 saturated heterocycles. The minimum Gasteiger partial charge on any atom is -0.490 e. The molecule has 7 nitrogen and oxygen atoms in total. The molecule has 3 aromatic carbocycles. The number of halogens is 2. The summed E-state index contributed by atoms with van der Waals surface area (Å²) in [5, 5.41) is 2.12. The number of nitrogens with one attached hydrogen (secondary N) is 1. The third-order valence-corrected chi connectivity index (χ3v) is 5.05. The molecule has 0 saturated carbocycles. The predicted octanol–water partition coefficient (Wildman–Crippen LogP) is 4.61. The van der Waals surface area contributed by atoms with Crippen LogP contribution < -0.4 is 19.7 Å². The van der Waals surface area contributed by atoms with E-state index >= 15 is 0 Å². The first-order valence-corrected chi connectivity index (χ1v) is 10.7. The highest BCUT2D eigenvalue weighted by atomic mass is 19.1. The van der Waals surface area contributed by atoms with Gasteiger partial charge in [0, 0.05) is 0 Å². The summed E-state index contributed by atoms with van der Waals surface area (Å²) in [6.07, 6.45) is 1.32. The van der Waals surface area contributed by atoms with Crippen molar-refractivity contribution in [3.05, 3.63) is 95.1 Å². The average molecular weight is 478 g/mol. The fraction of sp³-hybridized carbons (Fsp3) is 0.115. The van der Waals surface area contributed by atoms with Crippen molar-refractivity contribution in [3.63, 3.8) is 0 Å². The Kier molecular flexibility index (Phi) is 6.86. The zero-order valence-corrected chi connectivity index (χ0v) is 18.6. The van der Waals surface area contributed by atoms with Crippen LogP contribution >= 0.6 is 0 Å². The van der Waals surface area contributed by atoms with E-state index in [1.807, 2.05) is 0 Å². The first kappa shape index (κ1) is 23.6. The first-order valence-electron chi connectivity index (χ1n) is 10.7. The number of rotatable bonds is 7. The van der Waals surface area contributed by atoms with Crippen molar-refractivity contribution in [2.24, 2.45) is 0 Å². The van der Waals surface area contributed by atoms with E-state index in [0.717, 1.165) is 17.0 Å². The van der Waals surface area contributed by atoms with Gasteiger partial charge in [-0.15, -0.1) is 0 Å². The predicted molar refractivity (Wildman–Crippen MR) is 124 cm³/mol. The molecule has 1 heterocycles. The molecule has 0 unspecified atom stereocenters. The highest BCUT2D eigenvalue weighted by Gasteiger charge is 2.36. The van der Waals surface area contributed by atoms with Crippen molar-refractivity contribution in [1.82, 2.24) is 5.32 Å². The molecule has 1 fully saturated rings. The molecule has 4 amide bonds. The van der Waals surface area contributed by atoms with Gasteiger partial charge < -0.3 is 9.47 Å². The number of imide groups is 2. The molecular weight excluding hydrogens is 458 g/mol. The van der Waals surface area contributed by atoms with Gasteiger partial charge in [0.25, 0.3) is 11.8 Å². The van der Waals surface area contributed by atoms with Gasteiger partial charge in [0.2, 0.25) is 0 Å². The number of carbonyl (C=O) groups is 3. The van der Waals surface area contributed by atoms with Crippen molar-refractivity contribution < 1.29 is 32.6 Å². The zero-order chi connectivity index (χ0) is 24.9. The Balaban J connectivity index is 1.61. The Morgan fingerprint density at radius 1 is 0.886 bits per heavy atom. The molecule has 0 aromatic heterocycles. The van der Waals surface area contributed by atoms with Crippen molar-refractivity contribution in [2.75, 3.05) is 11.5 Å². The minimum absolute atomic E-state index is 0.105. The summed E-state index contributed by atoms with van der Waals surface area (Å²) in [6.45, 7) is 2.21. The lowest BCUT2D eigenvalue weighted by atomic mass is 10.1. The number of ether oxygens (including phenoxy) is 2. The maximum absolute atomic E-state index is 13.4. The lowest BCUT2D eigenvalue weighted by Gasteiger charge is -2.26. The maximum atomic E-state index is 13.4. The number of amides is 4. The summed E-state index contributed by atoms with van der Waals surface area (Å²) in [4.78, 5) is 38.5. The molecule has 3 aromatic rings. The van der Waals surface area contributed by atoms with Crippen LogP contribution in [0.3, 0.4) is 0 Å². The number of hydrogen-bond acceptors (Lipinski definition) is 5. The van der Waals surface area contributed by atoms with Crippen molar-refractivity contribution in [1.29, 1.82) is 0 Å². The van der Waals surface area contributed by atoms with Crippen LogP contribution in [0.15, 0.2) is 72.3 Å². The molecule has 1 aliphatic rings. The van der Waals surface area contributed by atoms with E-state index in [0.29, 0.717) is 29.2 Å². The van der Waals surface area contributed by atoms with Gasteiger partial charge in [-0.2, -0.15) is 0 Å². The summed E-state index contributed by atoms with van der Waals surface area (Å²) < 4.78 is 38.1. The summed E-state index contributed by atoms with van der Waals surface area (Å²) in [6, 6.07) is 14.6. The molecular formula is C26H20F2N2O5. The second-order valence-corrected chi connectivity index (χ2v) is 7.49.